The van der Waals surface area contributed by atoms with Crippen LogP contribution in [0.4, 0.5) is 11.4 Å². The molecule has 0 spiro atoms. The maximum atomic E-state index is 11.5. The highest BCUT2D eigenvalue weighted by Crippen LogP contribution is 2.44. The second kappa shape index (κ2) is 9.87. The number of para-hydroxylation sites is 1. The van der Waals surface area contributed by atoms with E-state index in [1.807, 2.05) is 60.8 Å². The Morgan fingerprint density at radius 3 is 2.44 bits per heavy atom. The van der Waals surface area contributed by atoms with Crippen molar-refractivity contribution in [2.75, 3.05) is 10.2 Å². The van der Waals surface area contributed by atoms with E-state index in [0.717, 1.165) is 44.2 Å². The van der Waals surface area contributed by atoms with Gasteiger partial charge < -0.3 is 20.1 Å². The predicted molar refractivity (Wildman–Crippen MR) is 152 cm³/mol. The number of nitrogens with zero attached hydrogens (tertiary/aromatic N) is 3. The van der Waals surface area contributed by atoms with Crippen LogP contribution in [0.3, 0.4) is 0 Å². The molecule has 8 heteroatoms. The molecule has 1 saturated heterocycles. The minimum absolute atomic E-state index is 0.103. The van der Waals surface area contributed by atoms with Crippen molar-refractivity contribution in [3.8, 4) is 5.69 Å². The maximum absolute atomic E-state index is 11.5. The number of aryl methyl sites for hydroxylation is 1. The van der Waals surface area contributed by atoms with Gasteiger partial charge in [-0.05, 0) is 102 Å². The van der Waals surface area contributed by atoms with E-state index in [1.165, 1.54) is 6.92 Å². The molecule has 2 atom stereocenters. The van der Waals surface area contributed by atoms with Crippen LogP contribution in [0, 0.1) is 13.8 Å². The zero-order valence-corrected chi connectivity index (χ0v) is 22.6. The summed E-state index contributed by atoms with van der Waals surface area (Å²) in [5, 5.41) is 6.99. The molecule has 6 nitrogen and oxygen atoms in total. The van der Waals surface area contributed by atoms with E-state index < -0.39 is 0 Å². The lowest BCUT2D eigenvalue weighted by atomic mass is 9.96. The largest absolute Gasteiger partial charge is 0.351 e. The fourth-order valence-electron chi connectivity index (χ4n) is 4.95. The monoisotopic (exact) mass is 559 g/mol. The van der Waals surface area contributed by atoms with Crippen molar-refractivity contribution in [2.45, 2.75) is 32.9 Å². The summed E-state index contributed by atoms with van der Waals surface area (Å²) in [4.78, 5) is 18.3. The molecule has 1 aliphatic rings. The Balaban J connectivity index is 1.64. The zero-order chi connectivity index (χ0) is 25.4. The summed E-state index contributed by atoms with van der Waals surface area (Å²) in [6.45, 7) is 5.78. The number of halogens is 1. The molecular formula is C28H26BrN5OS. The van der Waals surface area contributed by atoms with Crippen molar-refractivity contribution in [3.05, 3.63) is 106 Å². The van der Waals surface area contributed by atoms with Gasteiger partial charge in [-0.3, -0.25) is 9.78 Å². The number of amides is 1. The van der Waals surface area contributed by atoms with Crippen LogP contribution in [0.2, 0.25) is 0 Å². The number of carbonyl (C=O) groups is 1. The van der Waals surface area contributed by atoms with Gasteiger partial charge in [0.05, 0.1) is 23.5 Å². The fraction of sp³-hybridized carbons (Fsp3) is 0.179. The summed E-state index contributed by atoms with van der Waals surface area (Å²) in [6.07, 6.45) is 1.81. The lowest BCUT2D eigenvalue weighted by molar-refractivity contribution is -0.114. The zero-order valence-electron chi connectivity index (χ0n) is 20.2. The Morgan fingerprint density at radius 2 is 1.78 bits per heavy atom. The number of aromatic nitrogens is 2. The maximum Gasteiger partial charge on any atom is 0.221 e. The quantitative estimate of drug-likeness (QED) is 0.277. The fourth-order valence-corrected chi connectivity index (χ4v) is 5.76. The molecule has 4 aromatic rings. The van der Waals surface area contributed by atoms with Crippen LogP contribution in [0.1, 0.15) is 41.7 Å². The molecule has 0 radical (unpaired) electrons. The third-order valence-corrected chi connectivity index (χ3v) is 7.43. The molecule has 1 amide bonds. The van der Waals surface area contributed by atoms with Gasteiger partial charge in [0.1, 0.15) is 0 Å². The van der Waals surface area contributed by atoms with Gasteiger partial charge in [0, 0.05) is 40.4 Å². The third-order valence-electron chi connectivity index (χ3n) is 6.45. The van der Waals surface area contributed by atoms with E-state index in [0.29, 0.717) is 5.11 Å². The van der Waals surface area contributed by atoms with Crippen molar-refractivity contribution in [1.82, 2.24) is 14.9 Å². The Labute approximate surface area is 224 Å². The van der Waals surface area contributed by atoms with Gasteiger partial charge in [-0.25, -0.2) is 0 Å². The van der Waals surface area contributed by atoms with Crippen LogP contribution >= 0.6 is 28.1 Å². The molecule has 0 bridgehead atoms. The van der Waals surface area contributed by atoms with Gasteiger partial charge in [-0.1, -0.05) is 18.2 Å². The van der Waals surface area contributed by atoms with Crippen LogP contribution in [-0.4, -0.2) is 20.6 Å². The Hall–Kier alpha value is -3.49. The highest BCUT2D eigenvalue weighted by atomic mass is 79.9. The SMILES string of the molecule is CC(=O)Nc1ccc(N2C(=S)N[C@H](c3ccccn3)[C@H]2c2cc(C)n(-c3ccccc3Br)c2C)cc1. The number of hydrogen-bond donors (Lipinski definition) is 2. The number of nitrogens with one attached hydrogen (secondary N) is 2. The molecule has 2 aromatic carbocycles. The number of hydrogen-bond acceptors (Lipinski definition) is 3. The molecule has 0 aliphatic carbocycles. The van der Waals surface area contributed by atoms with Crippen LogP contribution in [-0.2, 0) is 4.79 Å². The minimum atomic E-state index is -0.137. The van der Waals surface area contributed by atoms with E-state index in [2.05, 4.69) is 73.1 Å². The second-order valence-electron chi connectivity index (χ2n) is 8.84. The summed E-state index contributed by atoms with van der Waals surface area (Å²) in [6, 6.07) is 23.9. The topological polar surface area (TPSA) is 62.2 Å². The number of benzene rings is 2. The Bertz CT molecular complexity index is 1430. The Kier molecular flexibility index (Phi) is 6.64. The first-order chi connectivity index (χ1) is 17.3. The summed E-state index contributed by atoms with van der Waals surface area (Å²) in [5.74, 6) is -0.103. The van der Waals surface area contributed by atoms with E-state index >= 15 is 0 Å². The molecule has 2 aromatic heterocycles. The highest BCUT2D eigenvalue weighted by Gasteiger charge is 2.42. The summed E-state index contributed by atoms with van der Waals surface area (Å²) >= 11 is 9.60. The van der Waals surface area contributed by atoms with E-state index in [-0.39, 0.29) is 18.0 Å². The third kappa shape index (κ3) is 4.42. The number of rotatable bonds is 5. The highest BCUT2D eigenvalue weighted by molar-refractivity contribution is 9.10. The number of anilines is 2. The van der Waals surface area contributed by atoms with Crippen molar-refractivity contribution >= 4 is 50.5 Å². The number of thiocarbonyl (C=S) groups is 1. The molecule has 0 saturated carbocycles. The lowest BCUT2D eigenvalue weighted by Gasteiger charge is -2.28. The van der Waals surface area contributed by atoms with Crippen LogP contribution in [0.15, 0.2) is 83.5 Å². The van der Waals surface area contributed by atoms with Gasteiger partial charge in [0.2, 0.25) is 5.91 Å². The number of pyridine rings is 1. The second-order valence-corrected chi connectivity index (χ2v) is 10.1. The summed E-state index contributed by atoms with van der Waals surface area (Å²) in [5.41, 5.74) is 7.13. The molecule has 182 valence electrons. The smallest absolute Gasteiger partial charge is 0.221 e. The van der Waals surface area contributed by atoms with Crippen LogP contribution in [0.25, 0.3) is 5.69 Å². The van der Waals surface area contributed by atoms with Crippen LogP contribution in [0.5, 0.6) is 0 Å². The molecule has 0 unspecified atom stereocenters. The molecular weight excluding hydrogens is 534 g/mol. The van der Waals surface area contributed by atoms with Crippen LogP contribution < -0.4 is 15.5 Å². The molecule has 1 aliphatic heterocycles. The van der Waals surface area contributed by atoms with Crippen molar-refractivity contribution in [3.63, 3.8) is 0 Å². The minimum Gasteiger partial charge on any atom is -0.351 e. The molecule has 36 heavy (non-hydrogen) atoms. The van der Waals surface area contributed by atoms with E-state index in [9.17, 15) is 4.79 Å². The average molecular weight is 561 g/mol. The predicted octanol–water partition coefficient (Wildman–Crippen LogP) is 6.39. The van der Waals surface area contributed by atoms with Gasteiger partial charge in [0.25, 0.3) is 0 Å². The molecule has 5 rings (SSSR count). The Morgan fingerprint density at radius 1 is 1.06 bits per heavy atom. The molecule has 2 N–H and O–H groups in total. The first-order valence-electron chi connectivity index (χ1n) is 11.7. The normalized spacial score (nSPS) is 17.2. The standard InChI is InChI=1S/C28H26BrN5OS/c1-17-16-22(18(2)33(17)25-10-5-4-8-23(25)29)27-26(24-9-6-7-15-30-24)32-28(36)34(27)21-13-11-20(12-14-21)31-19(3)35/h4-16,26-27H,1-3H3,(H,31,35)(H,32,36)/t26-,27-/m1/s1. The van der Waals surface area contributed by atoms with E-state index in [4.69, 9.17) is 12.2 Å². The van der Waals surface area contributed by atoms with Crippen molar-refractivity contribution in [1.29, 1.82) is 0 Å². The van der Waals surface area contributed by atoms with Crippen molar-refractivity contribution in [2.24, 2.45) is 0 Å². The first kappa shape index (κ1) is 24.2. The van der Waals surface area contributed by atoms with Gasteiger partial charge in [-0.15, -0.1) is 0 Å². The summed E-state index contributed by atoms with van der Waals surface area (Å²) < 4.78 is 3.30. The average Bonchev–Trinajstić information content (AvgIpc) is 3.35. The number of carbonyl (C=O) groups excluding carboxylic acids is 1. The lowest BCUT2D eigenvalue weighted by Crippen LogP contribution is -2.29. The molecule has 1 fully saturated rings. The first-order valence-corrected chi connectivity index (χ1v) is 12.9. The van der Waals surface area contributed by atoms with Crippen molar-refractivity contribution < 1.29 is 4.79 Å². The van der Waals surface area contributed by atoms with Gasteiger partial charge in [0.15, 0.2) is 5.11 Å². The van der Waals surface area contributed by atoms with Gasteiger partial charge in [-0.2, -0.15) is 0 Å². The summed E-state index contributed by atoms with van der Waals surface area (Å²) in [7, 11) is 0. The van der Waals surface area contributed by atoms with Gasteiger partial charge >= 0.3 is 0 Å². The van der Waals surface area contributed by atoms with E-state index in [1.54, 1.807) is 0 Å². The molecule has 3 heterocycles.